The van der Waals surface area contributed by atoms with Crippen LogP contribution in [0.15, 0.2) is 53.0 Å². The van der Waals surface area contributed by atoms with Gasteiger partial charge < -0.3 is 15.4 Å². The summed E-state index contributed by atoms with van der Waals surface area (Å²) in [6.07, 6.45) is 0. The van der Waals surface area contributed by atoms with Crippen molar-refractivity contribution in [3.63, 3.8) is 0 Å². The molecule has 2 aromatic rings. The largest absolute Gasteiger partial charge is 0.494 e. The Morgan fingerprint density at radius 2 is 1.86 bits per heavy atom. The van der Waals surface area contributed by atoms with E-state index in [1.165, 1.54) is 5.56 Å². The lowest BCUT2D eigenvalue weighted by Crippen LogP contribution is -2.31. The number of halogens is 1. The zero-order chi connectivity index (χ0) is 15.9. The minimum atomic E-state index is 0.110. The number of nitrogens with one attached hydrogen (secondary N) is 2. The monoisotopic (exact) mass is 378 g/mol. The lowest BCUT2D eigenvalue weighted by Gasteiger charge is -2.18. The van der Waals surface area contributed by atoms with E-state index >= 15 is 0 Å². The Kier molecular flexibility index (Phi) is 6.21. The van der Waals surface area contributed by atoms with E-state index in [0.29, 0.717) is 11.7 Å². The molecule has 0 saturated heterocycles. The summed E-state index contributed by atoms with van der Waals surface area (Å²) in [5, 5.41) is 7.06. The molecule has 0 heterocycles. The standard InChI is InChI=1S/C17H19BrN2OS/c1-3-21-14-10-8-13(9-11-14)20-17(22)19-12(2)15-6-4-5-7-16(15)18/h4-12H,3H2,1-2H3,(H2,19,20,22)/t12-/m1/s1. The normalized spacial score (nSPS) is 11.6. The van der Waals surface area contributed by atoms with Gasteiger partial charge in [0.25, 0.3) is 0 Å². The summed E-state index contributed by atoms with van der Waals surface area (Å²) in [5.41, 5.74) is 2.10. The average molecular weight is 379 g/mol. The highest BCUT2D eigenvalue weighted by Crippen LogP contribution is 2.23. The maximum Gasteiger partial charge on any atom is 0.171 e. The molecule has 5 heteroatoms. The van der Waals surface area contributed by atoms with Crippen molar-refractivity contribution in [1.82, 2.24) is 5.32 Å². The highest BCUT2D eigenvalue weighted by Gasteiger charge is 2.10. The fourth-order valence-electron chi connectivity index (χ4n) is 2.07. The fraction of sp³-hybridized carbons (Fsp3) is 0.235. The SMILES string of the molecule is CCOc1ccc(NC(=S)N[C@H](C)c2ccccc2Br)cc1. The number of anilines is 1. The minimum absolute atomic E-state index is 0.110. The molecule has 22 heavy (non-hydrogen) atoms. The number of ether oxygens (including phenoxy) is 1. The smallest absolute Gasteiger partial charge is 0.171 e. The van der Waals surface area contributed by atoms with Gasteiger partial charge in [-0.1, -0.05) is 34.1 Å². The molecule has 3 nitrogen and oxygen atoms in total. The van der Waals surface area contributed by atoms with E-state index in [1.807, 2.05) is 49.4 Å². The molecule has 2 aromatic carbocycles. The van der Waals surface area contributed by atoms with Crippen LogP contribution in [-0.2, 0) is 0 Å². The summed E-state index contributed by atoms with van der Waals surface area (Å²) in [5.74, 6) is 0.855. The van der Waals surface area contributed by atoms with Crippen LogP contribution in [-0.4, -0.2) is 11.7 Å². The summed E-state index contributed by atoms with van der Waals surface area (Å²) >= 11 is 8.93. The minimum Gasteiger partial charge on any atom is -0.494 e. The van der Waals surface area contributed by atoms with Crippen molar-refractivity contribution in [3.8, 4) is 5.75 Å². The molecular formula is C17H19BrN2OS. The van der Waals surface area contributed by atoms with Crippen LogP contribution in [0.3, 0.4) is 0 Å². The molecule has 2 rings (SSSR count). The summed E-state index contributed by atoms with van der Waals surface area (Å²) in [4.78, 5) is 0. The van der Waals surface area contributed by atoms with Crippen molar-refractivity contribution in [2.75, 3.05) is 11.9 Å². The predicted octanol–water partition coefficient (Wildman–Crippen LogP) is 4.90. The van der Waals surface area contributed by atoms with Gasteiger partial charge in [0.05, 0.1) is 12.6 Å². The van der Waals surface area contributed by atoms with Gasteiger partial charge in [0.1, 0.15) is 5.75 Å². The molecule has 0 aliphatic rings. The predicted molar refractivity (Wildman–Crippen MR) is 99.5 cm³/mol. The summed E-state index contributed by atoms with van der Waals surface area (Å²) in [6, 6.07) is 16.0. The third-order valence-electron chi connectivity index (χ3n) is 3.14. The highest BCUT2D eigenvalue weighted by atomic mass is 79.9. The molecule has 1 atom stereocenters. The van der Waals surface area contributed by atoms with E-state index in [1.54, 1.807) is 0 Å². The first-order chi connectivity index (χ1) is 10.6. The van der Waals surface area contributed by atoms with E-state index in [9.17, 15) is 0 Å². The zero-order valence-corrected chi connectivity index (χ0v) is 15.0. The fourth-order valence-corrected chi connectivity index (χ4v) is 2.99. The van der Waals surface area contributed by atoms with Crippen LogP contribution in [0.5, 0.6) is 5.75 Å². The molecule has 0 fully saturated rings. The summed E-state index contributed by atoms with van der Waals surface area (Å²) in [6.45, 7) is 4.71. The molecular weight excluding hydrogens is 360 g/mol. The second-order valence-corrected chi connectivity index (χ2v) is 6.06. The van der Waals surface area contributed by atoms with Gasteiger partial charge in [-0.05, 0) is 62.0 Å². The number of thiocarbonyl (C=S) groups is 1. The Labute approximate surface area is 145 Å². The molecule has 0 amide bonds. The van der Waals surface area contributed by atoms with Gasteiger partial charge >= 0.3 is 0 Å². The van der Waals surface area contributed by atoms with Crippen LogP contribution in [0.25, 0.3) is 0 Å². The Hall–Kier alpha value is -1.59. The molecule has 0 aliphatic carbocycles. The van der Waals surface area contributed by atoms with Crippen molar-refractivity contribution in [2.24, 2.45) is 0 Å². The first-order valence-electron chi connectivity index (χ1n) is 7.15. The van der Waals surface area contributed by atoms with Crippen LogP contribution in [0, 0.1) is 0 Å². The first-order valence-corrected chi connectivity index (χ1v) is 8.35. The van der Waals surface area contributed by atoms with Crippen molar-refractivity contribution >= 4 is 38.9 Å². The molecule has 2 N–H and O–H groups in total. The lowest BCUT2D eigenvalue weighted by molar-refractivity contribution is 0.340. The van der Waals surface area contributed by atoms with E-state index in [0.717, 1.165) is 15.9 Å². The molecule has 0 unspecified atom stereocenters. The second-order valence-electron chi connectivity index (χ2n) is 4.80. The Balaban J connectivity index is 1.93. The second kappa shape index (κ2) is 8.15. The number of benzene rings is 2. The van der Waals surface area contributed by atoms with Crippen molar-refractivity contribution in [2.45, 2.75) is 19.9 Å². The number of hydrogen-bond donors (Lipinski definition) is 2. The molecule has 0 spiro atoms. The zero-order valence-electron chi connectivity index (χ0n) is 12.6. The molecule has 0 bridgehead atoms. The van der Waals surface area contributed by atoms with Gasteiger partial charge in [-0.15, -0.1) is 0 Å². The Bertz CT molecular complexity index is 631. The van der Waals surface area contributed by atoms with Crippen molar-refractivity contribution in [1.29, 1.82) is 0 Å². The third-order valence-corrected chi connectivity index (χ3v) is 4.08. The maximum atomic E-state index is 5.42. The Morgan fingerprint density at radius 3 is 2.50 bits per heavy atom. The maximum absolute atomic E-state index is 5.42. The lowest BCUT2D eigenvalue weighted by atomic mass is 10.1. The summed E-state index contributed by atoms with van der Waals surface area (Å²) < 4.78 is 6.49. The highest BCUT2D eigenvalue weighted by molar-refractivity contribution is 9.10. The van der Waals surface area contributed by atoms with Crippen LogP contribution >= 0.6 is 28.1 Å². The van der Waals surface area contributed by atoms with Crippen molar-refractivity contribution in [3.05, 3.63) is 58.6 Å². The van der Waals surface area contributed by atoms with Gasteiger partial charge in [-0.25, -0.2) is 0 Å². The van der Waals surface area contributed by atoms with Crippen LogP contribution < -0.4 is 15.4 Å². The molecule has 0 saturated carbocycles. The van der Waals surface area contributed by atoms with Gasteiger partial charge in [-0.3, -0.25) is 0 Å². The third kappa shape index (κ3) is 4.71. The average Bonchev–Trinajstić information content (AvgIpc) is 2.50. The van der Waals surface area contributed by atoms with Crippen LogP contribution in [0.2, 0.25) is 0 Å². The summed E-state index contributed by atoms with van der Waals surface area (Å²) in [7, 11) is 0. The van der Waals surface area contributed by atoms with E-state index < -0.39 is 0 Å². The molecule has 0 aliphatic heterocycles. The number of hydrogen-bond acceptors (Lipinski definition) is 2. The van der Waals surface area contributed by atoms with E-state index in [2.05, 4.69) is 39.6 Å². The molecule has 0 aromatic heterocycles. The van der Waals surface area contributed by atoms with Gasteiger partial charge in [0.2, 0.25) is 0 Å². The van der Waals surface area contributed by atoms with Crippen molar-refractivity contribution < 1.29 is 4.74 Å². The topological polar surface area (TPSA) is 33.3 Å². The number of rotatable bonds is 5. The van der Waals surface area contributed by atoms with E-state index in [4.69, 9.17) is 17.0 Å². The van der Waals surface area contributed by atoms with Gasteiger partial charge in [0.15, 0.2) is 5.11 Å². The quantitative estimate of drug-likeness (QED) is 0.725. The van der Waals surface area contributed by atoms with Crippen LogP contribution in [0.4, 0.5) is 5.69 Å². The first kappa shape index (κ1) is 16.8. The van der Waals surface area contributed by atoms with Gasteiger partial charge in [-0.2, -0.15) is 0 Å². The Morgan fingerprint density at radius 1 is 1.18 bits per heavy atom. The molecule has 0 radical (unpaired) electrons. The molecule has 116 valence electrons. The van der Waals surface area contributed by atoms with Crippen LogP contribution in [0.1, 0.15) is 25.5 Å². The van der Waals surface area contributed by atoms with E-state index in [-0.39, 0.29) is 6.04 Å². The van der Waals surface area contributed by atoms with Gasteiger partial charge in [0, 0.05) is 10.2 Å².